The molecule has 2 aromatic rings. The fourth-order valence-corrected chi connectivity index (χ4v) is 2.25. The third-order valence-electron chi connectivity index (χ3n) is 2.21. The molecule has 0 aliphatic heterocycles. The Hall–Kier alpha value is -1.33. The van der Waals surface area contributed by atoms with Gasteiger partial charge in [0.25, 0.3) is 0 Å². The molecule has 2 heteroatoms. The van der Waals surface area contributed by atoms with Crippen LogP contribution in [0.1, 0.15) is 0 Å². The van der Waals surface area contributed by atoms with Gasteiger partial charge in [0, 0.05) is 18.0 Å². The van der Waals surface area contributed by atoms with Crippen molar-refractivity contribution >= 4 is 22.7 Å². The number of terminal acetylenes is 1. The fraction of sp³-hybridized carbons (Fsp3) is 0.167. The number of hydrogen-bond donors (Lipinski definition) is 0. The van der Waals surface area contributed by atoms with Gasteiger partial charge in [-0.15, -0.1) is 6.42 Å². The zero-order valence-electron chi connectivity index (χ0n) is 8.03. The first kappa shape index (κ1) is 9.23. The fourth-order valence-electron chi connectivity index (χ4n) is 1.52. The second-order valence-corrected chi connectivity index (χ2v) is 4.09. The first-order chi connectivity index (χ1) is 6.83. The smallest absolute Gasteiger partial charge is 0.0765 e. The number of rotatable bonds is 2. The van der Waals surface area contributed by atoms with Crippen LogP contribution in [0.5, 0.6) is 0 Å². The molecular weight excluding hydrogens is 190 g/mol. The Kier molecular flexibility index (Phi) is 2.51. The highest BCUT2D eigenvalue weighted by Crippen LogP contribution is 2.25. The number of benzene rings is 1. The molecule has 0 amide bonds. The summed E-state index contributed by atoms with van der Waals surface area (Å²) >= 11 is 1.70. The summed E-state index contributed by atoms with van der Waals surface area (Å²) in [6, 6.07) is 10.5. The molecule has 0 fully saturated rings. The molecule has 70 valence electrons. The monoisotopic (exact) mass is 201 g/mol. The van der Waals surface area contributed by atoms with E-state index in [2.05, 4.69) is 47.9 Å². The minimum Gasteiger partial charge on any atom is -0.339 e. The van der Waals surface area contributed by atoms with Gasteiger partial charge < -0.3 is 4.57 Å². The predicted octanol–water partition coefficient (Wildman–Crippen LogP) is 2.90. The maximum Gasteiger partial charge on any atom is 0.0765 e. The van der Waals surface area contributed by atoms with Gasteiger partial charge in [0.2, 0.25) is 0 Å². The molecular formula is C12H11NS. The summed E-state index contributed by atoms with van der Waals surface area (Å²) < 4.78 is 2.18. The zero-order valence-corrected chi connectivity index (χ0v) is 8.84. The van der Waals surface area contributed by atoms with Crippen LogP contribution in [0, 0.1) is 12.3 Å². The summed E-state index contributed by atoms with van der Waals surface area (Å²) in [7, 11) is 2.07. The molecule has 1 nitrogen and oxygen atoms in total. The summed E-state index contributed by atoms with van der Waals surface area (Å²) in [5.74, 6) is 3.36. The average molecular weight is 201 g/mol. The summed E-state index contributed by atoms with van der Waals surface area (Å²) in [4.78, 5) is 0. The van der Waals surface area contributed by atoms with Crippen LogP contribution in [0.2, 0.25) is 0 Å². The predicted molar refractivity (Wildman–Crippen MR) is 62.5 cm³/mol. The number of nitrogens with zero attached hydrogens (tertiary/aromatic N) is 1. The Balaban J connectivity index is 2.47. The van der Waals surface area contributed by atoms with Crippen molar-refractivity contribution in [1.82, 2.24) is 4.57 Å². The molecule has 0 saturated heterocycles. The summed E-state index contributed by atoms with van der Waals surface area (Å²) in [6.07, 6.45) is 5.24. The summed E-state index contributed by atoms with van der Waals surface area (Å²) in [6.45, 7) is 0. The Labute approximate surface area is 88.1 Å². The minimum absolute atomic E-state index is 0.726. The van der Waals surface area contributed by atoms with Gasteiger partial charge in [0.1, 0.15) is 0 Å². The summed E-state index contributed by atoms with van der Waals surface area (Å²) in [5.41, 5.74) is 1.26. The Morgan fingerprint density at radius 1 is 1.43 bits per heavy atom. The highest BCUT2D eigenvalue weighted by molar-refractivity contribution is 7.99. The van der Waals surface area contributed by atoms with E-state index >= 15 is 0 Å². The normalized spacial score (nSPS) is 10.3. The SMILES string of the molecule is C#CCSc1cc2ccccc2n1C. The first-order valence-corrected chi connectivity index (χ1v) is 5.42. The second kappa shape index (κ2) is 3.81. The van der Waals surface area contributed by atoms with Crippen molar-refractivity contribution in [3.8, 4) is 12.3 Å². The topological polar surface area (TPSA) is 4.93 Å². The van der Waals surface area contributed by atoms with E-state index in [-0.39, 0.29) is 0 Å². The lowest BCUT2D eigenvalue weighted by Crippen LogP contribution is -1.89. The number of hydrogen-bond acceptors (Lipinski definition) is 1. The summed E-state index contributed by atoms with van der Waals surface area (Å²) in [5, 5.41) is 2.50. The molecule has 0 saturated carbocycles. The minimum atomic E-state index is 0.726. The highest BCUT2D eigenvalue weighted by atomic mass is 32.2. The van der Waals surface area contributed by atoms with E-state index in [1.165, 1.54) is 15.9 Å². The molecule has 0 aliphatic carbocycles. The van der Waals surface area contributed by atoms with Crippen molar-refractivity contribution in [1.29, 1.82) is 0 Å². The second-order valence-electron chi connectivity index (χ2n) is 3.09. The van der Waals surface area contributed by atoms with Crippen molar-refractivity contribution in [2.75, 3.05) is 5.75 Å². The quantitative estimate of drug-likeness (QED) is 0.534. The van der Waals surface area contributed by atoms with Crippen molar-refractivity contribution in [2.45, 2.75) is 5.03 Å². The van der Waals surface area contributed by atoms with Gasteiger partial charge in [-0.3, -0.25) is 0 Å². The number of para-hydroxylation sites is 1. The molecule has 1 aromatic heterocycles. The van der Waals surface area contributed by atoms with Crippen molar-refractivity contribution in [3.05, 3.63) is 30.3 Å². The molecule has 0 atom stereocenters. The lowest BCUT2D eigenvalue weighted by atomic mass is 10.2. The van der Waals surface area contributed by atoms with Gasteiger partial charge in [-0.1, -0.05) is 35.9 Å². The molecule has 0 unspecified atom stereocenters. The van der Waals surface area contributed by atoms with Crippen LogP contribution in [-0.2, 0) is 7.05 Å². The lowest BCUT2D eigenvalue weighted by molar-refractivity contribution is 0.863. The van der Waals surface area contributed by atoms with Crippen molar-refractivity contribution < 1.29 is 0 Å². The van der Waals surface area contributed by atoms with Gasteiger partial charge in [-0.05, 0) is 12.1 Å². The highest BCUT2D eigenvalue weighted by Gasteiger charge is 2.03. The van der Waals surface area contributed by atoms with E-state index in [1.807, 2.05) is 0 Å². The number of aromatic nitrogens is 1. The Bertz CT molecular complexity index is 490. The van der Waals surface area contributed by atoms with E-state index in [4.69, 9.17) is 6.42 Å². The van der Waals surface area contributed by atoms with Gasteiger partial charge in [0.15, 0.2) is 0 Å². The van der Waals surface area contributed by atoms with E-state index in [9.17, 15) is 0 Å². The van der Waals surface area contributed by atoms with Crippen LogP contribution in [0.15, 0.2) is 35.4 Å². The first-order valence-electron chi connectivity index (χ1n) is 4.43. The largest absolute Gasteiger partial charge is 0.339 e. The third kappa shape index (κ3) is 1.51. The maximum absolute atomic E-state index is 5.24. The average Bonchev–Trinajstić information content (AvgIpc) is 2.54. The van der Waals surface area contributed by atoms with Gasteiger partial charge in [0.05, 0.1) is 10.8 Å². The van der Waals surface area contributed by atoms with Crippen molar-refractivity contribution in [3.63, 3.8) is 0 Å². The Morgan fingerprint density at radius 3 is 2.93 bits per heavy atom. The van der Waals surface area contributed by atoms with Crippen molar-refractivity contribution in [2.24, 2.45) is 7.05 Å². The zero-order chi connectivity index (χ0) is 9.97. The van der Waals surface area contributed by atoms with E-state index in [1.54, 1.807) is 11.8 Å². The molecule has 1 heterocycles. The number of fused-ring (bicyclic) bond motifs is 1. The van der Waals surface area contributed by atoms with Crippen LogP contribution in [0.3, 0.4) is 0 Å². The Morgan fingerprint density at radius 2 is 2.21 bits per heavy atom. The van der Waals surface area contributed by atoms with Gasteiger partial charge in [-0.25, -0.2) is 0 Å². The molecule has 0 aliphatic rings. The molecule has 2 rings (SSSR count). The van der Waals surface area contributed by atoms with Crippen LogP contribution < -0.4 is 0 Å². The van der Waals surface area contributed by atoms with E-state index in [0.29, 0.717) is 0 Å². The molecule has 0 N–H and O–H groups in total. The van der Waals surface area contributed by atoms with Crippen LogP contribution in [0.4, 0.5) is 0 Å². The van der Waals surface area contributed by atoms with Crippen LogP contribution >= 0.6 is 11.8 Å². The lowest BCUT2D eigenvalue weighted by Gasteiger charge is -2.00. The van der Waals surface area contributed by atoms with Crippen LogP contribution in [0.25, 0.3) is 10.9 Å². The van der Waals surface area contributed by atoms with E-state index < -0.39 is 0 Å². The van der Waals surface area contributed by atoms with Gasteiger partial charge >= 0.3 is 0 Å². The number of aryl methyl sites for hydroxylation is 1. The molecule has 0 bridgehead atoms. The third-order valence-corrected chi connectivity index (χ3v) is 3.21. The standard InChI is InChI=1S/C12H11NS/c1-3-8-14-12-9-10-6-4-5-7-11(10)13(12)2/h1,4-7,9H,8H2,2H3. The van der Waals surface area contributed by atoms with Crippen LogP contribution in [-0.4, -0.2) is 10.3 Å². The molecule has 0 radical (unpaired) electrons. The van der Waals surface area contributed by atoms with Gasteiger partial charge in [-0.2, -0.15) is 0 Å². The number of thioether (sulfide) groups is 1. The molecule has 1 aromatic carbocycles. The molecule has 14 heavy (non-hydrogen) atoms. The van der Waals surface area contributed by atoms with E-state index in [0.717, 1.165) is 5.75 Å². The molecule has 0 spiro atoms. The maximum atomic E-state index is 5.24.